The number of ether oxygens (including phenoxy) is 1. The lowest BCUT2D eigenvalue weighted by atomic mass is 10.1. The summed E-state index contributed by atoms with van der Waals surface area (Å²) in [6.07, 6.45) is 1.92. The van der Waals surface area contributed by atoms with Crippen LogP contribution in [0.3, 0.4) is 0 Å². The van der Waals surface area contributed by atoms with Crippen molar-refractivity contribution in [2.75, 3.05) is 13.2 Å². The normalized spacial score (nSPS) is 14.2. The van der Waals surface area contributed by atoms with Crippen molar-refractivity contribution in [3.05, 3.63) is 47.7 Å². The number of benzene rings is 1. The molecule has 31 heavy (non-hydrogen) atoms. The van der Waals surface area contributed by atoms with Crippen LogP contribution in [0, 0.1) is 0 Å². The lowest BCUT2D eigenvalue weighted by Gasteiger charge is -2.06. The Morgan fingerprint density at radius 3 is 2.35 bits per heavy atom. The monoisotopic (exact) mass is 471 g/mol. The van der Waals surface area contributed by atoms with Gasteiger partial charge < -0.3 is 14.5 Å². The van der Waals surface area contributed by atoms with Crippen molar-refractivity contribution in [2.24, 2.45) is 5.14 Å². The maximum absolute atomic E-state index is 12.0. The van der Waals surface area contributed by atoms with E-state index in [0.29, 0.717) is 6.42 Å². The third-order valence-electron chi connectivity index (χ3n) is 4.27. The Morgan fingerprint density at radius 2 is 1.74 bits per heavy atom. The van der Waals surface area contributed by atoms with Gasteiger partial charge in [0.25, 0.3) is 15.9 Å². The van der Waals surface area contributed by atoms with Gasteiger partial charge in [-0.1, -0.05) is 12.1 Å². The van der Waals surface area contributed by atoms with Crippen LogP contribution in [0.15, 0.2) is 50.8 Å². The first kappa shape index (κ1) is 22.9. The Bertz CT molecular complexity index is 1170. The van der Waals surface area contributed by atoms with Crippen LogP contribution in [-0.2, 0) is 36.0 Å². The zero-order valence-electron chi connectivity index (χ0n) is 16.2. The molecule has 0 aliphatic heterocycles. The maximum Gasteiger partial charge on any atom is 0.374 e. The van der Waals surface area contributed by atoms with E-state index in [0.717, 1.165) is 30.5 Å². The third kappa shape index (κ3) is 6.62. The molecule has 0 spiro atoms. The fraction of sp³-hybridized carbons (Fsp3) is 0.333. The highest BCUT2D eigenvalue weighted by Gasteiger charge is 2.30. The lowest BCUT2D eigenvalue weighted by Crippen LogP contribution is -2.30. The van der Waals surface area contributed by atoms with Gasteiger partial charge in [-0.25, -0.2) is 31.5 Å². The number of nitrogens with one attached hydrogen (secondary N) is 2. The number of nitrogens with two attached hydrogens (primary N) is 1. The van der Waals surface area contributed by atoms with E-state index in [1.165, 1.54) is 12.1 Å². The van der Waals surface area contributed by atoms with E-state index in [4.69, 9.17) is 14.3 Å². The molecule has 4 N–H and O–H groups in total. The first-order chi connectivity index (χ1) is 14.5. The second kappa shape index (κ2) is 9.18. The third-order valence-corrected chi connectivity index (χ3v) is 6.59. The summed E-state index contributed by atoms with van der Waals surface area (Å²) in [7, 11) is -7.60. The summed E-state index contributed by atoms with van der Waals surface area (Å²) in [5.74, 6) is -1.87. The number of esters is 1. The molecule has 1 saturated carbocycles. The Morgan fingerprint density at radius 1 is 1.06 bits per heavy atom. The molecule has 2 aromatic rings. The standard InChI is InChI=1S/C18H21N3O8S2/c19-30(24,25)14-5-1-12(2-6-14)9-10-20-16(22)11-28-18(23)15-7-8-17(29-15)31(26,27)21-13-3-4-13/h1-2,5-8,13,21H,3-4,9-11H2,(H,20,22)(H2,19,24,25). The van der Waals surface area contributed by atoms with E-state index in [9.17, 15) is 26.4 Å². The quantitative estimate of drug-likeness (QED) is 0.402. The van der Waals surface area contributed by atoms with Crippen molar-refractivity contribution in [2.45, 2.75) is 35.3 Å². The predicted octanol–water partition coefficient (Wildman–Crippen LogP) is -0.117. The van der Waals surface area contributed by atoms with Crippen LogP contribution < -0.4 is 15.2 Å². The van der Waals surface area contributed by atoms with E-state index >= 15 is 0 Å². The molecule has 11 nitrogen and oxygen atoms in total. The fourth-order valence-corrected chi connectivity index (χ4v) is 4.25. The van der Waals surface area contributed by atoms with Gasteiger partial charge in [-0.15, -0.1) is 0 Å². The van der Waals surface area contributed by atoms with Crippen molar-refractivity contribution < 1.29 is 35.6 Å². The zero-order valence-corrected chi connectivity index (χ0v) is 17.9. The topological polar surface area (TPSA) is 175 Å². The van der Waals surface area contributed by atoms with Crippen LogP contribution in [0.1, 0.15) is 29.0 Å². The minimum atomic E-state index is -3.83. The number of primary sulfonamides is 1. The molecule has 1 aliphatic carbocycles. The van der Waals surface area contributed by atoms with Crippen LogP contribution >= 0.6 is 0 Å². The molecule has 1 aromatic carbocycles. The molecule has 168 valence electrons. The van der Waals surface area contributed by atoms with E-state index < -0.39 is 43.6 Å². The number of amides is 1. The van der Waals surface area contributed by atoms with Crippen LogP contribution in [0.4, 0.5) is 0 Å². The van der Waals surface area contributed by atoms with Gasteiger partial charge in [-0.2, -0.15) is 0 Å². The fourth-order valence-electron chi connectivity index (χ4n) is 2.50. The summed E-state index contributed by atoms with van der Waals surface area (Å²) >= 11 is 0. The largest absolute Gasteiger partial charge is 0.450 e. The number of sulfonamides is 2. The number of rotatable bonds is 10. The van der Waals surface area contributed by atoms with Crippen molar-refractivity contribution >= 4 is 31.9 Å². The summed E-state index contributed by atoms with van der Waals surface area (Å²) < 4.78 is 58.8. The molecular formula is C18H21N3O8S2. The molecule has 1 aromatic heterocycles. The first-order valence-corrected chi connectivity index (χ1v) is 12.3. The Hall–Kier alpha value is -2.74. The highest BCUT2D eigenvalue weighted by atomic mass is 32.2. The Balaban J connectivity index is 1.42. The highest BCUT2D eigenvalue weighted by Crippen LogP contribution is 2.23. The van der Waals surface area contributed by atoms with E-state index in [1.807, 2.05) is 0 Å². The van der Waals surface area contributed by atoms with Gasteiger partial charge in [-0.3, -0.25) is 4.79 Å². The van der Waals surface area contributed by atoms with Crippen LogP contribution in [0.5, 0.6) is 0 Å². The number of hydrogen-bond donors (Lipinski definition) is 3. The SMILES string of the molecule is NS(=O)(=O)c1ccc(CCNC(=O)COC(=O)c2ccc(S(=O)(=O)NC3CC3)o2)cc1. The van der Waals surface area contributed by atoms with Gasteiger partial charge in [0.1, 0.15) is 0 Å². The van der Waals surface area contributed by atoms with Crippen molar-refractivity contribution in [1.29, 1.82) is 0 Å². The molecule has 0 unspecified atom stereocenters. The second-order valence-electron chi connectivity index (χ2n) is 6.88. The van der Waals surface area contributed by atoms with Gasteiger partial charge >= 0.3 is 5.97 Å². The number of carbonyl (C=O) groups excluding carboxylic acids is 2. The molecule has 1 fully saturated rings. The summed E-state index contributed by atoms with van der Waals surface area (Å²) in [5, 5.41) is 7.17. The van der Waals surface area contributed by atoms with Gasteiger partial charge in [0.2, 0.25) is 20.9 Å². The Labute approximate surface area is 179 Å². The van der Waals surface area contributed by atoms with Crippen LogP contribution in [0.25, 0.3) is 0 Å². The molecule has 1 aliphatic rings. The molecule has 13 heteroatoms. The second-order valence-corrected chi connectivity index (χ2v) is 10.1. The zero-order chi connectivity index (χ0) is 22.6. The van der Waals surface area contributed by atoms with Gasteiger partial charge in [0.15, 0.2) is 6.61 Å². The molecule has 0 atom stereocenters. The van der Waals surface area contributed by atoms with Crippen LogP contribution in [0.2, 0.25) is 0 Å². The van der Waals surface area contributed by atoms with E-state index in [-0.39, 0.29) is 23.2 Å². The molecule has 1 heterocycles. The maximum atomic E-state index is 12.0. The molecule has 0 radical (unpaired) electrons. The average molecular weight is 472 g/mol. The number of hydrogen-bond acceptors (Lipinski definition) is 8. The molecule has 0 saturated heterocycles. The molecule has 3 rings (SSSR count). The summed E-state index contributed by atoms with van der Waals surface area (Å²) in [4.78, 5) is 23.8. The lowest BCUT2D eigenvalue weighted by molar-refractivity contribution is -0.124. The van der Waals surface area contributed by atoms with Crippen LogP contribution in [-0.4, -0.2) is 47.9 Å². The minimum absolute atomic E-state index is 0.00981. The number of furan rings is 1. The Kier molecular flexibility index (Phi) is 6.79. The van der Waals surface area contributed by atoms with Crippen molar-refractivity contribution in [3.8, 4) is 0 Å². The van der Waals surface area contributed by atoms with Crippen molar-refractivity contribution in [1.82, 2.24) is 10.0 Å². The van der Waals surface area contributed by atoms with Gasteiger partial charge in [0, 0.05) is 12.6 Å². The predicted molar refractivity (Wildman–Crippen MR) is 107 cm³/mol. The summed E-state index contributed by atoms with van der Waals surface area (Å²) in [6.45, 7) is -0.354. The smallest absolute Gasteiger partial charge is 0.374 e. The van der Waals surface area contributed by atoms with Crippen molar-refractivity contribution in [3.63, 3.8) is 0 Å². The molecule has 1 amide bonds. The molecule has 0 bridgehead atoms. The number of carbonyl (C=O) groups is 2. The highest BCUT2D eigenvalue weighted by molar-refractivity contribution is 7.89. The average Bonchev–Trinajstić information content (AvgIpc) is 3.34. The summed E-state index contributed by atoms with van der Waals surface area (Å²) in [5.41, 5.74) is 0.772. The first-order valence-electron chi connectivity index (χ1n) is 9.22. The van der Waals surface area contributed by atoms with E-state index in [1.54, 1.807) is 12.1 Å². The van der Waals surface area contributed by atoms with Gasteiger partial charge in [-0.05, 0) is 49.1 Å². The molecular weight excluding hydrogens is 450 g/mol. The minimum Gasteiger partial charge on any atom is -0.450 e. The van der Waals surface area contributed by atoms with E-state index in [2.05, 4.69) is 10.0 Å². The van der Waals surface area contributed by atoms with Gasteiger partial charge in [0.05, 0.1) is 4.90 Å². The summed E-state index contributed by atoms with van der Waals surface area (Å²) in [6, 6.07) is 8.08.